The second-order valence-electron chi connectivity index (χ2n) is 4.77. The monoisotopic (exact) mass is 318 g/mol. The van der Waals surface area contributed by atoms with Crippen LogP contribution in [-0.2, 0) is 11.3 Å². The molecule has 1 N–H and O–H groups in total. The van der Waals surface area contributed by atoms with Crippen molar-refractivity contribution in [3.8, 4) is 0 Å². The van der Waals surface area contributed by atoms with E-state index < -0.39 is 0 Å². The molecule has 0 aromatic heterocycles. The smallest absolute Gasteiger partial charge is 0.224 e. The van der Waals surface area contributed by atoms with Crippen molar-refractivity contribution in [2.75, 3.05) is 25.1 Å². The Morgan fingerprint density at radius 2 is 2.25 bits per heavy atom. The highest BCUT2D eigenvalue weighted by Gasteiger charge is 2.19. The van der Waals surface area contributed by atoms with Crippen LogP contribution in [0.15, 0.2) is 24.3 Å². The summed E-state index contributed by atoms with van der Waals surface area (Å²) < 4.78 is 13.5. The fourth-order valence-corrected chi connectivity index (χ4v) is 3.04. The zero-order chi connectivity index (χ0) is 13.7. The van der Waals surface area contributed by atoms with Crippen LogP contribution in [0.5, 0.6) is 0 Å². The van der Waals surface area contributed by atoms with Gasteiger partial charge in [0.2, 0.25) is 5.91 Å². The van der Waals surface area contributed by atoms with E-state index in [1.54, 1.807) is 30.1 Å². The highest BCUT2D eigenvalue weighted by Crippen LogP contribution is 2.13. The summed E-state index contributed by atoms with van der Waals surface area (Å²) in [5.41, 5.74) is 0.560. The SMILES string of the molecule is CN(Cc1ccccc1F)C(=O)CC1CSCCN1.Cl. The summed E-state index contributed by atoms with van der Waals surface area (Å²) in [6.45, 7) is 1.28. The number of nitrogens with one attached hydrogen (secondary N) is 1. The summed E-state index contributed by atoms with van der Waals surface area (Å²) in [5.74, 6) is 1.88. The third kappa shape index (κ3) is 4.96. The van der Waals surface area contributed by atoms with Gasteiger partial charge >= 0.3 is 0 Å². The molecule has 1 atom stereocenters. The van der Waals surface area contributed by atoms with Crippen LogP contribution >= 0.6 is 24.2 Å². The van der Waals surface area contributed by atoms with Crippen molar-refractivity contribution >= 4 is 30.1 Å². The summed E-state index contributed by atoms with van der Waals surface area (Å²) >= 11 is 1.87. The molecule has 1 aromatic rings. The number of halogens is 2. The average Bonchev–Trinajstić information content (AvgIpc) is 2.42. The normalized spacial score (nSPS) is 18.2. The van der Waals surface area contributed by atoms with Crippen LogP contribution in [0.25, 0.3) is 0 Å². The number of carbonyl (C=O) groups is 1. The molecule has 0 radical (unpaired) electrons. The van der Waals surface area contributed by atoms with Gasteiger partial charge in [0.25, 0.3) is 0 Å². The number of carbonyl (C=O) groups excluding carboxylic acids is 1. The second-order valence-corrected chi connectivity index (χ2v) is 5.92. The van der Waals surface area contributed by atoms with Gasteiger partial charge in [-0.3, -0.25) is 4.79 Å². The molecule has 112 valence electrons. The van der Waals surface area contributed by atoms with Crippen LogP contribution in [-0.4, -0.2) is 41.9 Å². The van der Waals surface area contributed by atoms with Gasteiger partial charge < -0.3 is 10.2 Å². The molecule has 1 heterocycles. The molecule has 6 heteroatoms. The van der Waals surface area contributed by atoms with E-state index >= 15 is 0 Å². The number of hydrogen-bond acceptors (Lipinski definition) is 3. The Morgan fingerprint density at radius 1 is 1.50 bits per heavy atom. The quantitative estimate of drug-likeness (QED) is 0.924. The summed E-state index contributed by atoms with van der Waals surface area (Å²) in [6, 6.07) is 6.83. The van der Waals surface area contributed by atoms with E-state index in [1.165, 1.54) is 6.07 Å². The predicted molar refractivity (Wildman–Crippen MR) is 83.9 cm³/mol. The molecule has 1 aliphatic heterocycles. The Morgan fingerprint density at radius 3 is 2.90 bits per heavy atom. The lowest BCUT2D eigenvalue weighted by Gasteiger charge is -2.25. The third-order valence-corrected chi connectivity index (χ3v) is 4.34. The highest BCUT2D eigenvalue weighted by atomic mass is 35.5. The maximum atomic E-state index is 13.5. The Kier molecular flexibility index (Phi) is 7.34. The molecule has 3 nitrogen and oxygen atoms in total. The molecular formula is C14H20ClFN2OS. The van der Waals surface area contributed by atoms with Crippen molar-refractivity contribution < 1.29 is 9.18 Å². The lowest BCUT2D eigenvalue weighted by atomic mass is 10.1. The van der Waals surface area contributed by atoms with Gasteiger partial charge in [-0.25, -0.2) is 4.39 Å². The lowest BCUT2D eigenvalue weighted by Crippen LogP contribution is -2.41. The van der Waals surface area contributed by atoms with Crippen LogP contribution in [0.1, 0.15) is 12.0 Å². The first-order valence-electron chi connectivity index (χ1n) is 6.45. The number of benzene rings is 1. The first-order chi connectivity index (χ1) is 9.16. The standard InChI is InChI=1S/C14H19FN2OS.ClH/c1-17(9-11-4-2-3-5-13(11)15)14(18)8-12-10-19-7-6-16-12;/h2-5,12,16H,6-10H2,1H3;1H. The van der Waals surface area contributed by atoms with Crippen molar-refractivity contribution in [2.24, 2.45) is 0 Å². The van der Waals surface area contributed by atoms with Gasteiger partial charge in [0.1, 0.15) is 5.82 Å². The van der Waals surface area contributed by atoms with Crippen LogP contribution < -0.4 is 5.32 Å². The van der Waals surface area contributed by atoms with Crippen LogP contribution in [0.3, 0.4) is 0 Å². The molecular weight excluding hydrogens is 299 g/mol. The maximum absolute atomic E-state index is 13.5. The largest absolute Gasteiger partial charge is 0.341 e. The minimum atomic E-state index is -0.256. The minimum absolute atomic E-state index is 0. The van der Waals surface area contributed by atoms with Gasteiger partial charge in [-0.15, -0.1) is 12.4 Å². The molecule has 1 unspecified atom stereocenters. The van der Waals surface area contributed by atoms with E-state index in [-0.39, 0.29) is 30.2 Å². The van der Waals surface area contributed by atoms with Crippen molar-refractivity contribution in [1.82, 2.24) is 10.2 Å². The zero-order valence-corrected chi connectivity index (χ0v) is 13.1. The zero-order valence-electron chi connectivity index (χ0n) is 11.5. The number of amides is 1. The predicted octanol–water partition coefficient (Wildman–Crippen LogP) is 2.30. The molecule has 1 amide bonds. The number of nitrogens with zero attached hydrogens (tertiary/aromatic N) is 1. The van der Waals surface area contributed by atoms with E-state index in [9.17, 15) is 9.18 Å². The molecule has 1 aliphatic rings. The summed E-state index contributed by atoms with van der Waals surface area (Å²) in [4.78, 5) is 13.7. The Hall–Kier alpha value is -0.780. The van der Waals surface area contributed by atoms with Crippen LogP contribution in [0.4, 0.5) is 4.39 Å². The second kappa shape index (κ2) is 8.49. The summed E-state index contributed by atoms with van der Waals surface area (Å²) in [5, 5.41) is 3.34. The Labute approximate surface area is 129 Å². The Balaban J connectivity index is 0.00000200. The maximum Gasteiger partial charge on any atom is 0.224 e. The third-order valence-electron chi connectivity index (χ3n) is 3.21. The van der Waals surface area contributed by atoms with E-state index in [0.29, 0.717) is 18.5 Å². The fraction of sp³-hybridized carbons (Fsp3) is 0.500. The molecule has 20 heavy (non-hydrogen) atoms. The molecule has 1 aromatic carbocycles. The molecule has 2 rings (SSSR count). The molecule has 0 saturated carbocycles. The molecule has 0 spiro atoms. The summed E-state index contributed by atoms with van der Waals surface area (Å²) in [6.07, 6.45) is 0.484. The molecule has 0 aliphatic carbocycles. The van der Waals surface area contributed by atoms with E-state index in [2.05, 4.69) is 5.32 Å². The number of thioether (sulfide) groups is 1. The van der Waals surface area contributed by atoms with Gasteiger partial charge in [0, 0.05) is 49.7 Å². The molecule has 1 saturated heterocycles. The van der Waals surface area contributed by atoms with Gasteiger partial charge in [-0.1, -0.05) is 18.2 Å². The molecule has 1 fully saturated rings. The van der Waals surface area contributed by atoms with E-state index in [1.807, 2.05) is 11.8 Å². The van der Waals surface area contributed by atoms with Crippen molar-refractivity contribution in [3.63, 3.8) is 0 Å². The highest BCUT2D eigenvalue weighted by molar-refractivity contribution is 7.99. The topological polar surface area (TPSA) is 32.3 Å². The average molecular weight is 319 g/mol. The van der Waals surface area contributed by atoms with Gasteiger partial charge in [-0.2, -0.15) is 11.8 Å². The number of rotatable bonds is 4. The minimum Gasteiger partial charge on any atom is -0.341 e. The summed E-state index contributed by atoms with van der Waals surface area (Å²) in [7, 11) is 1.73. The van der Waals surface area contributed by atoms with Crippen molar-refractivity contribution in [3.05, 3.63) is 35.6 Å². The van der Waals surface area contributed by atoms with E-state index in [4.69, 9.17) is 0 Å². The van der Waals surface area contributed by atoms with Crippen molar-refractivity contribution in [2.45, 2.75) is 19.0 Å². The number of hydrogen-bond donors (Lipinski definition) is 1. The molecule has 0 bridgehead atoms. The van der Waals surface area contributed by atoms with Gasteiger partial charge in [0.15, 0.2) is 0 Å². The first-order valence-corrected chi connectivity index (χ1v) is 7.61. The first kappa shape index (κ1) is 17.3. The van der Waals surface area contributed by atoms with Crippen molar-refractivity contribution in [1.29, 1.82) is 0 Å². The van der Waals surface area contributed by atoms with Crippen LogP contribution in [0.2, 0.25) is 0 Å². The lowest BCUT2D eigenvalue weighted by molar-refractivity contribution is -0.130. The van der Waals surface area contributed by atoms with Crippen LogP contribution in [0, 0.1) is 5.82 Å². The van der Waals surface area contributed by atoms with Gasteiger partial charge in [-0.05, 0) is 6.07 Å². The Bertz CT molecular complexity index is 441. The van der Waals surface area contributed by atoms with Gasteiger partial charge in [0.05, 0.1) is 0 Å². The fourth-order valence-electron chi connectivity index (χ4n) is 2.09. The van der Waals surface area contributed by atoms with E-state index in [0.717, 1.165) is 18.1 Å².